The maximum atomic E-state index is 13.2. The quantitative estimate of drug-likeness (QED) is 0.628. The van der Waals surface area contributed by atoms with E-state index in [2.05, 4.69) is 15.9 Å². The maximum absolute atomic E-state index is 13.2. The minimum absolute atomic E-state index is 0.0645. The molecule has 0 atom stereocenters. The van der Waals surface area contributed by atoms with Crippen LogP contribution in [0.5, 0.6) is 5.75 Å². The number of rotatable bonds is 4. The summed E-state index contributed by atoms with van der Waals surface area (Å²) in [7, 11) is 0. The molecule has 0 heterocycles. The Bertz CT molecular complexity index is 619. The number of ether oxygens (including phenoxy) is 1. The van der Waals surface area contributed by atoms with Gasteiger partial charge in [-0.05, 0) is 29.8 Å². The van der Waals surface area contributed by atoms with Gasteiger partial charge in [-0.15, -0.1) is 0 Å². The molecule has 2 aromatic carbocycles. The summed E-state index contributed by atoms with van der Waals surface area (Å²) in [6.45, 7) is 0.0645. The summed E-state index contributed by atoms with van der Waals surface area (Å²) in [6, 6.07) is 10.5. The zero-order valence-corrected chi connectivity index (χ0v) is 11.3. The van der Waals surface area contributed by atoms with Gasteiger partial charge in [0.1, 0.15) is 18.2 Å². The average Bonchev–Trinajstić information content (AvgIpc) is 2.36. The van der Waals surface area contributed by atoms with Crippen LogP contribution in [0, 0.1) is 15.9 Å². The third kappa shape index (κ3) is 3.75. The molecule has 0 N–H and O–H groups in total. The number of hydrogen-bond acceptors (Lipinski definition) is 3. The van der Waals surface area contributed by atoms with E-state index < -0.39 is 10.7 Å². The third-order valence-electron chi connectivity index (χ3n) is 2.35. The van der Waals surface area contributed by atoms with Gasteiger partial charge >= 0.3 is 0 Å². The van der Waals surface area contributed by atoms with Crippen molar-refractivity contribution in [2.75, 3.05) is 0 Å². The van der Waals surface area contributed by atoms with Gasteiger partial charge in [0.2, 0.25) is 0 Å². The lowest BCUT2D eigenvalue weighted by Crippen LogP contribution is -1.98. The summed E-state index contributed by atoms with van der Waals surface area (Å²) in [4.78, 5) is 9.98. The second-order valence-corrected chi connectivity index (χ2v) is 4.74. The van der Waals surface area contributed by atoms with Crippen molar-refractivity contribution in [3.8, 4) is 5.75 Å². The molecule has 6 heteroatoms. The fourth-order valence-electron chi connectivity index (χ4n) is 1.55. The first kappa shape index (κ1) is 13.5. The normalized spacial score (nSPS) is 10.2. The second kappa shape index (κ2) is 5.79. The number of halogens is 2. The highest BCUT2D eigenvalue weighted by Crippen LogP contribution is 2.21. The zero-order valence-electron chi connectivity index (χ0n) is 9.68. The molecule has 2 rings (SSSR count). The van der Waals surface area contributed by atoms with Gasteiger partial charge in [-0.3, -0.25) is 10.1 Å². The average molecular weight is 326 g/mol. The van der Waals surface area contributed by atoms with Crippen LogP contribution < -0.4 is 4.74 Å². The summed E-state index contributed by atoms with van der Waals surface area (Å²) >= 11 is 3.30. The first-order valence-corrected chi connectivity index (χ1v) is 6.16. The molecule has 0 bridgehead atoms. The summed E-state index contributed by atoms with van der Waals surface area (Å²) in [5, 5.41) is 10.6. The summed E-state index contributed by atoms with van der Waals surface area (Å²) in [6.07, 6.45) is 0. The van der Waals surface area contributed by atoms with Gasteiger partial charge in [0, 0.05) is 10.5 Å². The molecule has 0 aromatic heterocycles. The lowest BCUT2D eigenvalue weighted by molar-refractivity contribution is -0.385. The molecule has 0 aliphatic rings. The maximum Gasteiger partial charge on any atom is 0.272 e. The first-order chi connectivity index (χ1) is 9.04. The van der Waals surface area contributed by atoms with Gasteiger partial charge < -0.3 is 4.74 Å². The van der Waals surface area contributed by atoms with Crippen LogP contribution in [0.25, 0.3) is 0 Å². The van der Waals surface area contributed by atoms with Gasteiger partial charge in [-0.25, -0.2) is 4.39 Å². The Morgan fingerprint density at radius 1 is 1.26 bits per heavy atom. The van der Waals surface area contributed by atoms with Gasteiger partial charge in [0.05, 0.1) is 11.0 Å². The molecule has 19 heavy (non-hydrogen) atoms. The molecule has 0 fully saturated rings. The van der Waals surface area contributed by atoms with E-state index in [0.717, 1.165) is 10.5 Å². The fraction of sp³-hybridized carbons (Fsp3) is 0.0769. The van der Waals surface area contributed by atoms with Crippen molar-refractivity contribution in [1.29, 1.82) is 0 Å². The SMILES string of the molecule is O=[N+]([O-])c1cc(F)cc(COc2cccc(Br)c2)c1. The van der Waals surface area contributed by atoms with Crippen LogP contribution in [0.2, 0.25) is 0 Å². The van der Waals surface area contributed by atoms with Crippen molar-refractivity contribution in [3.05, 3.63) is 68.4 Å². The van der Waals surface area contributed by atoms with Crippen LogP contribution in [-0.4, -0.2) is 4.92 Å². The molecule has 0 unspecified atom stereocenters. The highest BCUT2D eigenvalue weighted by atomic mass is 79.9. The van der Waals surface area contributed by atoms with Gasteiger partial charge in [0.15, 0.2) is 0 Å². The Kier molecular flexibility index (Phi) is 4.11. The molecule has 0 aliphatic heterocycles. The van der Waals surface area contributed by atoms with Gasteiger partial charge in [-0.1, -0.05) is 22.0 Å². The van der Waals surface area contributed by atoms with Crippen molar-refractivity contribution in [1.82, 2.24) is 0 Å². The van der Waals surface area contributed by atoms with E-state index in [1.54, 1.807) is 18.2 Å². The van der Waals surface area contributed by atoms with Crippen LogP contribution in [0.15, 0.2) is 46.9 Å². The van der Waals surface area contributed by atoms with Crippen LogP contribution in [-0.2, 0) is 6.61 Å². The minimum atomic E-state index is -0.651. The fourth-order valence-corrected chi connectivity index (χ4v) is 1.92. The number of nitrogens with zero attached hydrogens (tertiary/aromatic N) is 1. The summed E-state index contributed by atoms with van der Waals surface area (Å²) in [5.41, 5.74) is 0.125. The van der Waals surface area contributed by atoms with Crippen LogP contribution in [0.4, 0.5) is 10.1 Å². The second-order valence-electron chi connectivity index (χ2n) is 3.82. The van der Waals surface area contributed by atoms with E-state index in [1.807, 2.05) is 6.07 Å². The summed E-state index contributed by atoms with van der Waals surface area (Å²) < 4.78 is 19.5. The Balaban J connectivity index is 2.13. The van der Waals surface area contributed by atoms with E-state index in [1.165, 1.54) is 12.1 Å². The predicted molar refractivity (Wildman–Crippen MR) is 71.5 cm³/mol. The Morgan fingerprint density at radius 3 is 2.74 bits per heavy atom. The van der Waals surface area contributed by atoms with Crippen molar-refractivity contribution in [2.24, 2.45) is 0 Å². The van der Waals surface area contributed by atoms with E-state index >= 15 is 0 Å². The molecule has 0 spiro atoms. The number of nitro groups is 1. The van der Waals surface area contributed by atoms with Gasteiger partial charge in [-0.2, -0.15) is 0 Å². The van der Waals surface area contributed by atoms with Crippen LogP contribution >= 0.6 is 15.9 Å². The smallest absolute Gasteiger partial charge is 0.272 e. The van der Waals surface area contributed by atoms with Crippen molar-refractivity contribution >= 4 is 21.6 Å². The van der Waals surface area contributed by atoms with E-state index in [4.69, 9.17) is 4.74 Å². The Morgan fingerprint density at radius 2 is 2.05 bits per heavy atom. The lowest BCUT2D eigenvalue weighted by atomic mass is 10.2. The Hall–Kier alpha value is -1.95. The van der Waals surface area contributed by atoms with Crippen molar-refractivity contribution < 1.29 is 14.1 Å². The minimum Gasteiger partial charge on any atom is -0.489 e. The zero-order chi connectivity index (χ0) is 13.8. The molecule has 0 amide bonds. The predicted octanol–water partition coefficient (Wildman–Crippen LogP) is 4.08. The van der Waals surface area contributed by atoms with Crippen molar-refractivity contribution in [2.45, 2.75) is 6.61 Å². The standard InChI is InChI=1S/C13H9BrFNO3/c14-10-2-1-3-13(6-10)19-8-9-4-11(15)7-12(5-9)16(17)18/h1-7H,8H2. The highest BCUT2D eigenvalue weighted by Gasteiger charge is 2.10. The Labute approximate surface area is 117 Å². The molecule has 0 saturated carbocycles. The highest BCUT2D eigenvalue weighted by molar-refractivity contribution is 9.10. The van der Waals surface area contributed by atoms with Crippen LogP contribution in [0.3, 0.4) is 0 Å². The molecular weight excluding hydrogens is 317 g/mol. The van der Waals surface area contributed by atoms with E-state index in [0.29, 0.717) is 11.3 Å². The summed E-state index contributed by atoms with van der Waals surface area (Å²) in [5.74, 6) is -0.0525. The first-order valence-electron chi connectivity index (χ1n) is 5.37. The monoisotopic (exact) mass is 325 g/mol. The molecule has 0 saturated heterocycles. The topological polar surface area (TPSA) is 52.4 Å². The number of hydrogen-bond donors (Lipinski definition) is 0. The molecule has 0 radical (unpaired) electrons. The number of nitro benzene ring substituents is 1. The lowest BCUT2D eigenvalue weighted by Gasteiger charge is -2.06. The molecule has 0 aliphatic carbocycles. The van der Waals surface area contributed by atoms with Gasteiger partial charge in [0.25, 0.3) is 5.69 Å². The van der Waals surface area contributed by atoms with Crippen LogP contribution in [0.1, 0.15) is 5.56 Å². The third-order valence-corrected chi connectivity index (χ3v) is 2.85. The molecule has 4 nitrogen and oxygen atoms in total. The number of benzene rings is 2. The largest absolute Gasteiger partial charge is 0.489 e. The number of non-ortho nitro benzene ring substituents is 1. The molecule has 98 valence electrons. The van der Waals surface area contributed by atoms with E-state index in [-0.39, 0.29) is 12.3 Å². The molecular formula is C13H9BrFNO3. The molecule has 2 aromatic rings. The van der Waals surface area contributed by atoms with Crippen molar-refractivity contribution in [3.63, 3.8) is 0 Å². The van der Waals surface area contributed by atoms with E-state index in [9.17, 15) is 14.5 Å².